The summed E-state index contributed by atoms with van der Waals surface area (Å²) in [6.07, 6.45) is 2.66. The average molecular weight is 673 g/mol. The molecule has 0 amide bonds. The van der Waals surface area contributed by atoms with Crippen molar-refractivity contribution in [1.82, 2.24) is 14.9 Å². The summed E-state index contributed by atoms with van der Waals surface area (Å²) in [6.45, 7) is 4.70. The summed E-state index contributed by atoms with van der Waals surface area (Å²) in [5.74, 6) is 1.66. The first-order valence-electron chi connectivity index (χ1n) is 14.5. The van der Waals surface area contributed by atoms with Crippen molar-refractivity contribution in [1.29, 1.82) is 0 Å². The van der Waals surface area contributed by atoms with Gasteiger partial charge in [0.1, 0.15) is 23.9 Å². The fraction of sp³-hybridized carbons (Fsp3) is 0.303. The number of carbonyl (C=O) groups is 1. The zero-order chi connectivity index (χ0) is 29.8. The molecule has 2 heterocycles. The Morgan fingerprint density at radius 1 is 0.867 bits per heavy atom. The van der Waals surface area contributed by atoms with Crippen molar-refractivity contribution in [2.75, 3.05) is 50.0 Å². The first-order valence-corrected chi connectivity index (χ1v) is 14.9. The number of aromatic nitrogens is 2. The lowest BCUT2D eigenvalue weighted by molar-refractivity contribution is -0.139. The van der Waals surface area contributed by atoms with Crippen molar-refractivity contribution in [3.63, 3.8) is 0 Å². The number of piperazine rings is 1. The number of hydrogen-bond acceptors (Lipinski definition) is 8. The van der Waals surface area contributed by atoms with Gasteiger partial charge in [-0.05, 0) is 78.4 Å². The molecule has 238 valence electrons. The molecule has 3 N–H and O–H groups in total. The van der Waals surface area contributed by atoms with E-state index in [4.69, 9.17) is 36.9 Å². The van der Waals surface area contributed by atoms with Gasteiger partial charge in [-0.3, -0.25) is 4.90 Å². The van der Waals surface area contributed by atoms with Crippen molar-refractivity contribution in [3.8, 4) is 22.8 Å². The molecule has 0 radical (unpaired) electrons. The minimum Gasteiger partial charge on any atom is -0.489 e. The molecule has 0 unspecified atom stereocenters. The smallest absolute Gasteiger partial charge is 0.341 e. The van der Waals surface area contributed by atoms with Gasteiger partial charge >= 0.3 is 5.97 Å². The van der Waals surface area contributed by atoms with Crippen LogP contribution >= 0.6 is 36.4 Å². The van der Waals surface area contributed by atoms with Crippen molar-refractivity contribution in [3.05, 3.63) is 94.0 Å². The fourth-order valence-corrected chi connectivity index (χ4v) is 5.80. The molecule has 6 rings (SSSR count). The number of anilines is 2. The lowest BCUT2D eigenvalue weighted by atomic mass is 9.88. The number of carboxylic acid groups (broad SMARTS) is 1. The summed E-state index contributed by atoms with van der Waals surface area (Å²) < 4.78 is 11.3. The monoisotopic (exact) mass is 671 g/mol. The Bertz CT molecular complexity index is 1600. The largest absolute Gasteiger partial charge is 0.489 e. The third-order valence-electron chi connectivity index (χ3n) is 7.97. The Morgan fingerprint density at radius 3 is 2.27 bits per heavy atom. The van der Waals surface area contributed by atoms with E-state index in [2.05, 4.69) is 26.9 Å². The van der Waals surface area contributed by atoms with Gasteiger partial charge in [0.05, 0.1) is 5.69 Å². The maximum atomic E-state index is 10.7. The topological polar surface area (TPSA) is 114 Å². The van der Waals surface area contributed by atoms with E-state index >= 15 is 0 Å². The van der Waals surface area contributed by atoms with Crippen LogP contribution in [0.25, 0.3) is 11.3 Å². The van der Waals surface area contributed by atoms with Crippen LogP contribution in [-0.4, -0.2) is 65.3 Å². The number of halogens is 3. The van der Waals surface area contributed by atoms with Crippen LogP contribution in [0, 0.1) is 0 Å². The minimum atomic E-state index is -0.982. The molecule has 0 bridgehead atoms. The molecule has 9 nitrogen and oxygen atoms in total. The highest BCUT2D eigenvalue weighted by molar-refractivity contribution is 6.30. The number of benzene rings is 3. The molecule has 1 saturated heterocycles. The Morgan fingerprint density at radius 2 is 1.56 bits per heavy atom. The molecule has 3 aromatic carbocycles. The maximum absolute atomic E-state index is 10.7. The quantitative estimate of drug-likeness (QED) is 0.218. The van der Waals surface area contributed by atoms with Gasteiger partial charge in [0, 0.05) is 48.9 Å². The normalized spacial score (nSPS) is 13.9. The van der Waals surface area contributed by atoms with Crippen molar-refractivity contribution >= 4 is 54.2 Å². The van der Waals surface area contributed by atoms with Gasteiger partial charge in [-0.2, -0.15) is 4.98 Å². The van der Waals surface area contributed by atoms with E-state index in [-0.39, 0.29) is 31.4 Å². The lowest BCUT2D eigenvalue weighted by Gasteiger charge is -2.37. The van der Waals surface area contributed by atoms with Crippen molar-refractivity contribution < 1.29 is 19.4 Å². The van der Waals surface area contributed by atoms with Gasteiger partial charge in [0.25, 0.3) is 0 Å². The summed E-state index contributed by atoms with van der Waals surface area (Å²) in [5.41, 5.74) is 12.9. The lowest BCUT2D eigenvalue weighted by Crippen LogP contribution is -2.47. The van der Waals surface area contributed by atoms with Crippen LogP contribution in [0.3, 0.4) is 0 Å². The Labute approximate surface area is 280 Å². The van der Waals surface area contributed by atoms with Crippen LogP contribution in [0.2, 0.25) is 5.02 Å². The highest BCUT2D eigenvalue weighted by Gasteiger charge is 2.27. The summed E-state index contributed by atoms with van der Waals surface area (Å²) in [6, 6.07) is 21.5. The molecule has 12 heteroatoms. The van der Waals surface area contributed by atoms with E-state index < -0.39 is 5.97 Å². The molecule has 1 aliphatic heterocycles. The Hall–Kier alpha value is -3.76. The second-order valence-corrected chi connectivity index (χ2v) is 11.3. The van der Waals surface area contributed by atoms with E-state index in [1.54, 1.807) is 0 Å². The van der Waals surface area contributed by atoms with Gasteiger partial charge in [0.15, 0.2) is 6.61 Å². The van der Waals surface area contributed by atoms with Gasteiger partial charge in [-0.1, -0.05) is 35.9 Å². The predicted octanol–water partition coefficient (Wildman–Crippen LogP) is 5.73. The number of nitrogens with two attached hydrogens (primary N) is 1. The van der Waals surface area contributed by atoms with E-state index in [1.807, 2.05) is 54.6 Å². The summed E-state index contributed by atoms with van der Waals surface area (Å²) >= 11 is 6.00. The van der Waals surface area contributed by atoms with E-state index in [9.17, 15) is 4.79 Å². The summed E-state index contributed by atoms with van der Waals surface area (Å²) in [5, 5.41) is 9.48. The number of fused-ring (bicyclic) bond motifs is 3. The molecule has 0 saturated carbocycles. The maximum Gasteiger partial charge on any atom is 0.341 e. The molecule has 1 fully saturated rings. The molecular weight excluding hydrogens is 637 g/mol. The molecule has 45 heavy (non-hydrogen) atoms. The van der Waals surface area contributed by atoms with Crippen LogP contribution in [0.1, 0.15) is 22.3 Å². The highest BCUT2D eigenvalue weighted by Crippen LogP contribution is 2.38. The molecule has 0 spiro atoms. The Balaban J connectivity index is 0.00000230. The number of nitrogen functional groups attached to an aromatic ring is 1. The first-order chi connectivity index (χ1) is 20.9. The molecule has 1 aliphatic carbocycles. The molecule has 1 aromatic heterocycles. The second-order valence-electron chi connectivity index (χ2n) is 10.9. The highest BCUT2D eigenvalue weighted by atomic mass is 35.5. The van der Waals surface area contributed by atoms with Crippen molar-refractivity contribution in [2.45, 2.75) is 25.9 Å². The number of aryl methyl sites for hydroxylation is 1. The van der Waals surface area contributed by atoms with Crippen LogP contribution in [0.15, 0.2) is 66.7 Å². The standard InChI is InChI=1S/C33H34ClN5O4.2ClH/c34-25-6-1-23(2-7-25)20-42-27-10-12-28-24(19-27)5-11-29-31(28)36-33(35)37-32(29)39-17-15-38(16-18-39)14-13-22-3-8-26(9-4-22)43-21-30(40)41;;/h1-4,6-10,12,19H,5,11,13-18,20-21H2,(H,40,41)(H2,35,36,37);2*1H. The third kappa shape index (κ3) is 8.49. The van der Waals surface area contributed by atoms with Crippen molar-refractivity contribution in [2.24, 2.45) is 0 Å². The Kier molecular flexibility index (Phi) is 11.7. The second kappa shape index (κ2) is 15.5. The van der Waals surface area contributed by atoms with Crippen LogP contribution < -0.4 is 20.1 Å². The number of nitrogens with zero attached hydrogens (tertiary/aromatic N) is 4. The zero-order valence-electron chi connectivity index (χ0n) is 24.7. The SMILES string of the molecule is Cl.Cl.Nc1nc2c(c(N3CCN(CCc4ccc(OCC(=O)O)cc4)CC3)n1)CCc1cc(OCc3ccc(Cl)cc3)ccc1-2. The van der Waals surface area contributed by atoms with Crippen LogP contribution in [-0.2, 0) is 30.7 Å². The van der Waals surface area contributed by atoms with E-state index in [0.717, 1.165) is 85.9 Å². The number of carboxylic acids is 1. The molecule has 0 atom stereocenters. The van der Waals surface area contributed by atoms with Crippen LogP contribution in [0.4, 0.5) is 11.8 Å². The fourth-order valence-electron chi connectivity index (χ4n) is 5.68. The molecular formula is C33H36Cl3N5O4. The van der Waals surface area contributed by atoms with Gasteiger partial charge in [-0.25, -0.2) is 9.78 Å². The zero-order valence-corrected chi connectivity index (χ0v) is 27.0. The predicted molar refractivity (Wildman–Crippen MR) is 181 cm³/mol. The first kappa shape index (κ1) is 34.1. The minimum absolute atomic E-state index is 0. The van der Waals surface area contributed by atoms with Gasteiger partial charge in [-0.15, -0.1) is 24.8 Å². The van der Waals surface area contributed by atoms with Gasteiger partial charge in [0.2, 0.25) is 5.95 Å². The third-order valence-corrected chi connectivity index (χ3v) is 8.22. The molecule has 4 aromatic rings. The molecule has 2 aliphatic rings. The number of aliphatic carboxylic acids is 1. The van der Waals surface area contributed by atoms with Gasteiger partial charge < -0.3 is 25.2 Å². The number of hydrogen-bond donors (Lipinski definition) is 2. The number of ether oxygens (including phenoxy) is 2. The summed E-state index contributed by atoms with van der Waals surface area (Å²) in [4.78, 5) is 24.9. The summed E-state index contributed by atoms with van der Waals surface area (Å²) in [7, 11) is 0. The van der Waals surface area contributed by atoms with E-state index in [1.165, 1.54) is 11.1 Å². The average Bonchev–Trinajstić information content (AvgIpc) is 3.02. The van der Waals surface area contributed by atoms with Crippen LogP contribution in [0.5, 0.6) is 11.5 Å². The number of rotatable bonds is 10. The van der Waals surface area contributed by atoms with E-state index in [0.29, 0.717) is 23.3 Å².